The van der Waals surface area contributed by atoms with Crippen LogP contribution in [-0.2, 0) is 21.3 Å². The van der Waals surface area contributed by atoms with Crippen molar-refractivity contribution in [3.05, 3.63) is 29.8 Å². The molecule has 0 saturated heterocycles. The quantitative estimate of drug-likeness (QED) is 0.263. The average molecular weight is 413 g/mol. The van der Waals surface area contributed by atoms with Gasteiger partial charge in [-0.1, -0.05) is 38.3 Å². The van der Waals surface area contributed by atoms with Crippen LogP contribution in [0.25, 0.3) is 0 Å². The summed E-state index contributed by atoms with van der Waals surface area (Å²) in [6.07, 6.45) is 4.78. The van der Waals surface area contributed by atoms with Crippen molar-refractivity contribution >= 4 is 16.0 Å². The summed E-state index contributed by atoms with van der Waals surface area (Å²) in [6, 6.07) is 7.15. The van der Waals surface area contributed by atoms with E-state index in [1.807, 2.05) is 6.92 Å². The lowest BCUT2D eigenvalue weighted by Gasteiger charge is -2.17. The Hall–Kier alpha value is -1.64. The Morgan fingerprint density at radius 1 is 1.18 bits per heavy atom. The van der Waals surface area contributed by atoms with E-state index in [0.717, 1.165) is 24.5 Å². The molecule has 0 aliphatic rings. The first-order valence-electron chi connectivity index (χ1n) is 10.0. The number of nitrogens with one attached hydrogen (secondary N) is 3. The molecule has 8 heteroatoms. The number of hydrogen-bond donors (Lipinski definition) is 3. The predicted molar refractivity (Wildman–Crippen MR) is 115 cm³/mol. The van der Waals surface area contributed by atoms with Crippen molar-refractivity contribution in [1.82, 2.24) is 15.4 Å². The molecule has 0 aromatic heterocycles. The number of unbranched alkanes of at least 4 members (excludes halogenated alkanes) is 2. The van der Waals surface area contributed by atoms with Gasteiger partial charge in [-0.05, 0) is 38.0 Å². The molecule has 0 bridgehead atoms. The molecule has 0 aliphatic carbocycles. The lowest BCUT2D eigenvalue weighted by atomic mass is 10.1. The largest absolute Gasteiger partial charge is 0.383 e. The van der Waals surface area contributed by atoms with E-state index in [0.29, 0.717) is 19.2 Å². The van der Waals surface area contributed by atoms with Gasteiger partial charge in [-0.2, -0.15) is 0 Å². The summed E-state index contributed by atoms with van der Waals surface area (Å²) in [5.74, 6) is 0.782. The number of aliphatic imine (C=N–C) groups is 1. The summed E-state index contributed by atoms with van der Waals surface area (Å²) in [6.45, 7) is 8.26. The van der Waals surface area contributed by atoms with Crippen LogP contribution in [0.3, 0.4) is 0 Å². The summed E-state index contributed by atoms with van der Waals surface area (Å²) in [4.78, 5) is 4.86. The fourth-order valence-corrected chi connectivity index (χ4v) is 3.65. The Kier molecular flexibility index (Phi) is 11.8. The van der Waals surface area contributed by atoms with Gasteiger partial charge in [0.2, 0.25) is 10.0 Å². The monoisotopic (exact) mass is 412 g/mol. The van der Waals surface area contributed by atoms with Crippen LogP contribution in [0, 0.1) is 0 Å². The maximum atomic E-state index is 12.2. The Bertz CT molecular complexity index is 675. The molecule has 1 aromatic rings. The van der Waals surface area contributed by atoms with Gasteiger partial charge in [0.1, 0.15) is 0 Å². The molecular weight excluding hydrogens is 376 g/mol. The number of nitrogens with zero attached hydrogens (tertiary/aromatic N) is 1. The number of hydrogen-bond acceptors (Lipinski definition) is 4. The summed E-state index contributed by atoms with van der Waals surface area (Å²) in [5.41, 5.74) is 0.951. The zero-order chi connectivity index (χ0) is 20.8. The first kappa shape index (κ1) is 24.4. The van der Waals surface area contributed by atoms with Crippen LogP contribution in [0.2, 0.25) is 0 Å². The van der Waals surface area contributed by atoms with Crippen molar-refractivity contribution in [2.24, 2.45) is 4.99 Å². The number of benzene rings is 1. The maximum Gasteiger partial charge on any atom is 0.240 e. The van der Waals surface area contributed by atoms with Gasteiger partial charge < -0.3 is 15.4 Å². The minimum Gasteiger partial charge on any atom is -0.383 e. The average Bonchev–Trinajstić information content (AvgIpc) is 2.67. The molecule has 1 aromatic carbocycles. The van der Waals surface area contributed by atoms with E-state index in [9.17, 15) is 8.42 Å². The lowest BCUT2D eigenvalue weighted by molar-refractivity contribution is 0.204. The second-order valence-electron chi connectivity index (χ2n) is 6.77. The summed E-state index contributed by atoms with van der Waals surface area (Å²) in [7, 11) is -1.97. The minimum absolute atomic E-state index is 0.242. The molecule has 0 aliphatic heterocycles. The smallest absolute Gasteiger partial charge is 0.240 e. The van der Waals surface area contributed by atoms with Crippen molar-refractivity contribution in [2.75, 3.05) is 26.8 Å². The zero-order valence-corrected chi connectivity index (χ0v) is 18.4. The van der Waals surface area contributed by atoms with E-state index in [4.69, 9.17) is 4.74 Å². The van der Waals surface area contributed by atoms with Crippen LogP contribution in [0.15, 0.2) is 34.2 Å². The Labute approximate surface area is 170 Å². The van der Waals surface area contributed by atoms with Gasteiger partial charge in [-0.15, -0.1) is 0 Å². The van der Waals surface area contributed by atoms with Crippen LogP contribution in [-0.4, -0.2) is 47.2 Å². The highest BCUT2D eigenvalue weighted by Crippen LogP contribution is 2.11. The molecule has 1 unspecified atom stereocenters. The molecule has 1 rings (SSSR count). The first-order chi connectivity index (χ1) is 13.4. The number of rotatable bonds is 13. The van der Waals surface area contributed by atoms with Gasteiger partial charge in [0.05, 0.1) is 18.0 Å². The Morgan fingerprint density at radius 2 is 1.89 bits per heavy atom. The van der Waals surface area contributed by atoms with Gasteiger partial charge in [-0.3, -0.25) is 0 Å². The topological polar surface area (TPSA) is 91.8 Å². The van der Waals surface area contributed by atoms with E-state index in [-0.39, 0.29) is 11.4 Å². The number of sulfonamides is 1. The molecule has 0 saturated carbocycles. The summed E-state index contributed by atoms with van der Waals surface area (Å²) >= 11 is 0. The molecule has 3 N–H and O–H groups in total. The van der Waals surface area contributed by atoms with Crippen molar-refractivity contribution in [1.29, 1.82) is 0 Å². The van der Waals surface area contributed by atoms with Crippen LogP contribution in [0.1, 0.15) is 52.0 Å². The van der Waals surface area contributed by atoms with Crippen LogP contribution in [0.5, 0.6) is 0 Å². The third kappa shape index (κ3) is 9.52. The fourth-order valence-electron chi connectivity index (χ4n) is 2.63. The molecule has 160 valence electrons. The van der Waals surface area contributed by atoms with Crippen LogP contribution < -0.4 is 15.4 Å². The molecule has 0 radical (unpaired) electrons. The molecule has 0 fully saturated rings. The van der Waals surface area contributed by atoms with Gasteiger partial charge in [0.25, 0.3) is 0 Å². The van der Waals surface area contributed by atoms with E-state index in [1.165, 1.54) is 26.4 Å². The van der Waals surface area contributed by atoms with Gasteiger partial charge in [0, 0.05) is 26.2 Å². The maximum absolute atomic E-state index is 12.2. The number of ether oxygens (including phenoxy) is 1. The van der Waals surface area contributed by atoms with Crippen molar-refractivity contribution < 1.29 is 13.2 Å². The van der Waals surface area contributed by atoms with Crippen LogP contribution >= 0.6 is 0 Å². The molecule has 7 nitrogen and oxygen atoms in total. The Morgan fingerprint density at radius 3 is 2.50 bits per heavy atom. The SMILES string of the molecule is CCCCCC(C)NC(=NCc1ccc(S(=O)(=O)NCCOC)cc1)NCC. The molecule has 0 spiro atoms. The molecular formula is C20H36N4O3S. The third-order valence-electron chi connectivity index (χ3n) is 4.22. The highest BCUT2D eigenvalue weighted by Gasteiger charge is 2.13. The second-order valence-corrected chi connectivity index (χ2v) is 8.54. The van der Waals surface area contributed by atoms with E-state index >= 15 is 0 Å². The fraction of sp³-hybridized carbons (Fsp3) is 0.650. The van der Waals surface area contributed by atoms with E-state index in [1.54, 1.807) is 24.3 Å². The third-order valence-corrected chi connectivity index (χ3v) is 5.70. The Balaban J connectivity index is 2.66. The van der Waals surface area contributed by atoms with Gasteiger partial charge in [-0.25, -0.2) is 18.1 Å². The van der Waals surface area contributed by atoms with Crippen LogP contribution in [0.4, 0.5) is 0 Å². The van der Waals surface area contributed by atoms with E-state index < -0.39 is 10.0 Å². The highest BCUT2D eigenvalue weighted by atomic mass is 32.2. The van der Waals surface area contributed by atoms with Crippen molar-refractivity contribution in [3.63, 3.8) is 0 Å². The molecule has 0 heterocycles. The predicted octanol–water partition coefficient (Wildman–Crippen LogP) is 2.64. The molecule has 0 amide bonds. The van der Waals surface area contributed by atoms with E-state index in [2.05, 4.69) is 34.2 Å². The zero-order valence-electron chi connectivity index (χ0n) is 17.6. The lowest BCUT2D eigenvalue weighted by Crippen LogP contribution is -2.42. The normalized spacial score (nSPS) is 13.4. The van der Waals surface area contributed by atoms with Crippen molar-refractivity contribution in [2.45, 2.75) is 63.9 Å². The minimum atomic E-state index is -3.51. The summed E-state index contributed by atoms with van der Waals surface area (Å²) in [5, 5.41) is 6.69. The number of guanidine groups is 1. The van der Waals surface area contributed by atoms with Gasteiger partial charge >= 0.3 is 0 Å². The van der Waals surface area contributed by atoms with Gasteiger partial charge in [0.15, 0.2) is 5.96 Å². The van der Waals surface area contributed by atoms with Crippen molar-refractivity contribution in [3.8, 4) is 0 Å². The summed E-state index contributed by atoms with van der Waals surface area (Å²) < 4.78 is 31.7. The number of methoxy groups -OCH3 is 1. The second kappa shape index (κ2) is 13.5. The molecule has 28 heavy (non-hydrogen) atoms. The first-order valence-corrected chi connectivity index (χ1v) is 11.5. The molecule has 1 atom stereocenters. The standard InChI is InChI=1S/C20H36N4O3S/c1-5-7-8-9-17(3)24-20(21-6-2)22-16-18-10-12-19(13-11-18)28(25,26)23-14-15-27-4/h10-13,17,23H,5-9,14-16H2,1-4H3,(H2,21,22,24). The highest BCUT2D eigenvalue weighted by molar-refractivity contribution is 7.89.